The van der Waals surface area contributed by atoms with Crippen LogP contribution in [-0.2, 0) is 62.0 Å². The zero-order chi connectivity index (χ0) is 31.9. The fraction of sp³-hybridized carbons (Fsp3) is 0.412. The summed E-state index contributed by atoms with van der Waals surface area (Å²) in [6.07, 6.45) is -3.43. The van der Waals surface area contributed by atoms with E-state index in [0.29, 0.717) is 6.61 Å². The number of carbonyl (C=O) groups excluding carboxylic acids is 1. The summed E-state index contributed by atoms with van der Waals surface area (Å²) in [5.74, 6) is -0.629. The van der Waals surface area contributed by atoms with Crippen molar-refractivity contribution in [1.29, 1.82) is 0 Å². The van der Waals surface area contributed by atoms with Crippen LogP contribution < -0.4 is 0 Å². The smallest absolute Gasteiger partial charge is 0.333 e. The first-order chi connectivity index (χ1) is 21.9. The molecule has 0 aliphatic carbocycles. The number of ether oxygens (including phenoxy) is 4. The number of rotatable bonds is 17. The van der Waals surface area contributed by atoms with Gasteiger partial charge in [-0.1, -0.05) is 96.2 Å². The predicted molar refractivity (Wildman–Crippen MR) is 170 cm³/mol. The topological polar surface area (TPSA) is 111 Å². The molecule has 1 saturated heterocycles. The first-order valence-corrected chi connectivity index (χ1v) is 16.8. The van der Waals surface area contributed by atoms with Gasteiger partial charge in [-0.3, -0.25) is 4.57 Å². The van der Waals surface area contributed by atoms with Gasteiger partial charge in [-0.2, -0.15) is 0 Å². The van der Waals surface area contributed by atoms with Crippen LogP contribution in [0.25, 0.3) is 0 Å². The van der Waals surface area contributed by atoms with Crippen molar-refractivity contribution in [3.63, 3.8) is 0 Å². The molecule has 1 fully saturated rings. The summed E-state index contributed by atoms with van der Waals surface area (Å²) in [5, 5.41) is 4.19. The molecule has 242 valence electrons. The van der Waals surface area contributed by atoms with Gasteiger partial charge in [0.2, 0.25) is 0 Å². The van der Waals surface area contributed by atoms with Gasteiger partial charge in [0.15, 0.2) is 0 Å². The number of nitrogens with zero attached hydrogens (tertiary/aromatic N) is 1. The second-order valence-electron chi connectivity index (χ2n) is 10.4. The molecule has 1 aliphatic heterocycles. The summed E-state index contributed by atoms with van der Waals surface area (Å²) in [5.41, 5.74) is 3.07. The Kier molecular flexibility index (Phi) is 13.9. The monoisotopic (exact) mass is 639 g/mol. The summed E-state index contributed by atoms with van der Waals surface area (Å²) in [4.78, 5) is 17.1. The van der Waals surface area contributed by atoms with E-state index in [1.54, 1.807) is 13.8 Å². The van der Waals surface area contributed by atoms with Gasteiger partial charge < -0.3 is 32.8 Å². The Morgan fingerprint density at radius 1 is 0.778 bits per heavy atom. The van der Waals surface area contributed by atoms with Crippen LogP contribution in [0.3, 0.4) is 0 Å². The Morgan fingerprint density at radius 2 is 1.29 bits per heavy atom. The molecule has 0 aromatic heterocycles. The van der Waals surface area contributed by atoms with Crippen molar-refractivity contribution >= 4 is 19.3 Å². The van der Waals surface area contributed by atoms with Crippen molar-refractivity contribution in [3.05, 3.63) is 108 Å². The van der Waals surface area contributed by atoms with Crippen LogP contribution in [0.2, 0.25) is 0 Å². The Labute approximate surface area is 265 Å². The van der Waals surface area contributed by atoms with Gasteiger partial charge in [0, 0.05) is 6.92 Å². The highest BCUT2D eigenvalue weighted by molar-refractivity contribution is 7.53. The molecule has 0 amide bonds. The number of oxime groups is 1. The minimum Gasteiger partial charge on any atom is -0.374 e. The molecular weight excluding hydrogens is 597 g/mol. The van der Waals surface area contributed by atoms with E-state index in [2.05, 4.69) is 5.16 Å². The number of benzene rings is 3. The van der Waals surface area contributed by atoms with E-state index in [1.807, 2.05) is 91.0 Å². The van der Waals surface area contributed by atoms with Crippen molar-refractivity contribution in [2.75, 3.05) is 26.0 Å². The van der Waals surface area contributed by atoms with Crippen LogP contribution in [0.4, 0.5) is 0 Å². The molecule has 1 aliphatic rings. The molecule has 4 rings (SSSR count). The number of hydrogen-bond acceptors (Lipinski definition) is 10. The van der Waals surface area contributed by atoms with Gasteiger partial charge in [0.1, 0.15) is 30.1 Å². The van der Waals surface area contributed by atoms with Crippen LogP contribution in [0.5, 0.6) is 0 Å². The third-order valence-electron chi connectivity index (χ3n) is 6.90. The van der Waals surface area contributed by atoms with Crippen LogP contribution in [0.1, 0.15) is 37.5 Å². The first kappa shape index (κ1) is 34.7. The standard InChI is InChI=1S/C34H42NO9P/c1-4-41-45(37,42-5-2)25-31-32(35-44-26(3)36)34(40-23-29-19-13-8-14-20-29)33(39-22-28-17-11-7-12-18-28)30(43-31)24-38-21-27-15-9-6-10-16-27/h6-20,30-31,33-34H,4-5,21-25H2,1-3H3/t30-,31-,33-,34-/m1/s1. The van der Waals surface area contributed by atoms with Gasteiger partial charge in [-0.05, 0) is 30.5 Å². The zero-order valence-electron chi connectivity index (χ0n) is 26.0. The molecule has 0 radical (unpaired) electrons. The van der Waals surface area contributed by atoms with Gasteiger partial charge in [0.25, 0.3) is 0 Å². The van der Waals surface area contributed by atoms with Crippen LogP contribution in [0.15, 0.2) is 96.2 Å². The quantitative estimate of drug-likeness (QED) is 0.0951. The van der Waals surface area contributed by atoms with Crippen molar-refractivity contribution in [2.24, 2.45) is 5.16 Å². The van der Waals surface area contributed by atoms with Gasteiger partial charge in [-0.25, -0.2) is 4.79 Å². The summed E-state index contributed by atoms with van der Waals surface area (Å²) < 4.78 is 50.7. The van der Waals surface area contributed by atoms with Crippen LogP contribution in [-0.4, -0.2) is 62.1 Å². The molecule has 10 nitrogen and oxygen atoms in total. The minimum atomic E-state index is -3.64. The molecule has 45 heavy (non-hydrogen) atoms. The highest BCUT2D eigenvalue weighted by Crippen LogP contribution is 2.50. The SMILES string of the molecule is CCOP(=O)(C[C@H]1O[C@H](COCc2ccccc2)[C@@H](OCc2ccccc2)[C@H](OCc2ccccc2)C1=NOC(C)=O)OCC. The maximum absolute atomic E-state index is 13.8. The van der Waals surface area contributed by atoms with E-state index in [-0.39, 0.29) is 44.9 Å². The molecule has 4 atom stereocenters. The number of hydrogen-bond donors (Lipinski definition) is 0. The van der Waals surface area contributed by atoms with Crippen LogP contribution >= 0.6 is 7.60 Å². The lowest BCUT2D eigenvalue weighted by Crippen LogP contribution is -2.59. The van der Waals surface area contributed by atoms with E-state index in [0.717, 1.165) is 16.7 Å². The lowest BCUT2D eigenvalue weighted by atomic mass is 9.95. The lowest BCUT2D eigenvalue weighted by molar-refractivity contribution is -0.174. The van der Waals surface area contributed by atoms with E-state index in [1.165, 1.54) is 6.92 Å². The van der Waals surface area contributed by atoms with E-state index < -0.39 is 38.0 Å². The fourth-order valence-electron chi connectivity index (χ4n) is 4.91. The third kappa shape index (κ3) is 11.0. The summed E-state index contributed by atoms with van der Waals surface area (Å²) >= 11 is 0. The predicted octanol–water partition coefficient (Wildman–Crippen LogP) is 6.33. The lowest BCUT2D eigenvalue weighted by Gasteiger charge is -2.42. The molecule has 0 saturated carbocycles. The minimum absolute atomic E-state index is 0.129. The van der Waals surface area contributed by atoms with Gasteiger partial charge >= 0.3 is 13.6 Å². The molecular formula is C34H42NO9P. The highest BCUT2D eigenvalue weighted by Gasteiger charge is 2.48. The van der Waals surface area contributed by atoms with E-state index >= 15 is 0 Å². The average Bonchev–Trinajstić information content (AvgIpc) is 3.04. The summed E-state index contributed by atoms with van der Waals surface area (Å²) in [7, 11) is -3.64. The maximum Gasteiger partial charge on any atom is 0.333 e. The molecule has 1 heterocycles. The molecule has 0 spiro atoms. The molecule has 0 bridgehead atoms. The van der Waals surface area contributed by atoms with Crippen LogP contribution in [0, 0.1) is 0 Å². The highest BCUT2D eigenvalue weighted by atomic mass is 31.2. The fourth-order valence-corrected chi connectivity index (χ4v) is 6.66. The van der Waals surface area contributed by atoms with E-state index in [4.69, 9.17) is 32.8 Å². The molecule has 0 N–H and O–H groups in total. The Morgan fingerprint density at radius 3 is 1.80 bits per heavy atom. The summed E-state index contributed by atoms with van der Waals surface area (Å²) in [6, 6.07) is 29.2. The van der Waals surface area contributed by atoms with Crippen molar-refractivity contribution in [3.8, 4) is 0 Å². The Hall–Kier alpha value is -3.21. The largest absolute Gasteiger partial charge is 0.374 e. The molecule has 3 aromatic rings. The second-order valence-corrected chi connectivity index (χ2v) is 12.5. The zero-order valence-corrected chi connectivity index (χ0v) is 26.9. The van der Waals surface area contributed by atoms with Gasteiger partial charge in [-0.15, -0.1) is 0 Å². The molecule has 0 unspecified atom stereocenters. The van der Waals surface area contributed by atoms with Crippen molar-refractivity contribution in [2.45, 2.75) is 65.0 Å². The number of carbonyl (C=O) groups is 1. The second kappa shape index (κ2) is 18.1. The molecule has 3 aromatic carbocycles. The van der Waals surface area contributed by atoms with Crippen molar-refractivity contribution in [1.82, 2.24) is 0 Å². The van der Waals surface area contributed by atoms with E-state index in [9.17, 15) is 9.36 Å². The average molecular weight is 640 g/mol. The maximum atomic E-state index is 13.8. The molecule has 11 heteroatoms. The summed E-state index contributed by atoms with van der Waals surface area (Å²) in [6.45, 7) is 5.98. The van der Waals surface area contributed by atoms with Crippen molar-refractivity contribution < 1.29 is 42.2 Å². The first-order valence-electron chi connectivity index (χ1n) is 15.1. The van der Waals surface area contributed by atoms with Gasteiger partial charge in [0.05, 0.1) is 45.8 Å². The Balaban J connectivity index is 1.70. The normalized spacial score (nSPS) is 21.1. The Bertz CT molecular complexity index is 1360. The third-order valence-corrected chi connectivity index (χ3v) is 8.98.